The Balaban J connectivity index is 1.93. The highest BCUT2D eigenvalue weighted by atomic mass is 35.5. The number of hydrogen-bond donors (Lipinski definition) is 2. The summed E-state index contributed by atoms with van der Waals surface area (Å²) in [6.07, 6.45) is 2.83. The lowest BCUT2D eigenvalue weighted by Crippen LogP contribution is -2.09. The zero-order valence-corrected chi connectivity index (χ0v) is 12.0. The van der Waals surface area contributed by atoms with Gasteiger partial charge in [0.05, 0.1) is 17.8 Å². The molecular formula is C16H16ClN3. The van der Waals surface area contributed by atoms with Gasteiger partial charge < -0.3 is 5.32 Å². The maximum absolute atomic E-state index is 6.08. The van der Waals surface area contributed by atoms with Crippen LogP contribution in [0.5, 0.6) is 0 Å². The second-order valence-corrected chi connectivity index (χ2v) is 5.23. The molecule has 2 N–H and O–H groups in total. The zero-order valence-electron chi connectivity index (χ0n) is 11.2. The molecule has 0 saturated heterocycles. The van der Waals surface area contributed by atoms with Crippen molar-refractivity contribution in [3.63, 3.8) is 0 Å². The summed E-state index contributed by atoms with van der Waals surface area (Å²) < 4.78 is 0. The van der Waals surface area contributed by atoms with Crippen LogP contribution in [0.25, 0.3) is 10.9 Å². The fraction of sp³-hybridized carbons (Fsp3) is 0.188. The van der Waals surface area contributed by atoms with E-state index in [1.165, 1.54) is 5.56 Å². The molecule has 1 unspecified atom stereocenters. The van der Waals surface area contributed by atoms with Crippen LogP contribution in [0.3, 0.4) is 0 Å². The monoisotopic (exact) mass is 285 g/mol. The van der Waals surface area contributed by atoms with Gasteiger partial charge in [0.2, 0.25) is 0 Å². The molecule has 20 heavy (non-hydrogen) atoms. The number of fused-ring (bicyclic) bond motifs is 1. The lowest BCUT2D eigenvalue weighted by molar-refractivity contribution is 0.750. The van der Waals surface area contributed by atoms with Crippen LogP contribution in [0, 0.1) is 0 Å². The van der Waals surface area contributed by atoms with Crippen molar-refractivity contribution < 1.29 is 0 Å². The molecule has 0 spiro atoms. The lowest BCUT2D eigenvalue weighted by Gasteiger charge is -2.19. The maximum Gasteiger partial charge on any atom is 0.0671 e. The molecule has 1 heterocycles. The summed E-state index contributed by atoms with van der Waals surface area (Å²) in [6, 6.07) is 14.3. The maximum atomic E-state index is 6.08. The van der Waals surface area contributed by atoms with Crippen molar-refractivity contribution in [3.05, 3.63) is 59.2 Å². The molecule has 0 aliphatic heterocycles. The smallest absolute Gasteiger partial charge is 0.0671 e. The van der Waals surface area contributed by atoms with Gasteiger partial charge in [-0.1, -0.05) is 36.7 Å². The minimum absolute atomic E-state index is 0.231. The fourth-order valence-corrected chi connectivity index (χ4v) is 2.62. The Morgan fingerprint density at radius 3 is 2.90 bits per heavy atom. The van der Waals surface area contributed by atoms with Crippen molar-refractivity contribution in [2.45, 2.75) is 19.4 Å². The molecule has 0 aliphatic carbocycles. The van der Waals surface area contributed by atoms with E-state index in [-0.39, 0.29) is 6.04 Å². The number of anilines is 1. The standard InChI is InChI=1S/C16H16ClN3/c1-2-14(11-5-3-6-12(17)9-11)19-15-7-4-8-16-13(15)10-18-20-16/h3-10,14,19H,2H2,1H3,(H,18,20). The van der Waals surface area contributed by atoms with Gasteiger partial charge in [0.15, 0.2) is 0 Å². The van der Waals surface area contributed by atoms with Gasteiger partial charge in [0.1, 0.15) is 0 Å². The first-order chi connectivity index (χ1) is 9.78. The van der Waals surface area contributed by atoms with E-state index in [9.17, 15) is 0 Å². The van der Waals surface area contributed by atoms with Crippen LogP contribution in [-0.2, 0) is 0 Å². The number of hydrogen-bond acceptors (Lipinski definition) is 2. The molecular weight excluding hydrogens is 270 g/mol. The first kappa shape index (κ1) is 13.0. The van der Waals surface area contributed by atoms with Gasteiger partial charge in [-0.15, -0.1) is 0 Å². The third-order valence-electron chi connectivity index (χ3n) is 3.47. The molecule has 3 nitrogen and oxygen atoms in total. The van der Waals surface area contributed by atoms with E-state index in [4.69, 9.17) is 11.6 Å². The lowest BCUT2D eigenvalue weighted by atomic mass is 10.0. The second-order valence-electron chi connectivity index (χ2n) is 4.80. The third-order valence-corrected chi connectivity index (χ3v) is 3.71. The van der Waals surface area contributed by atoms with Crippen LogP contribution in [-0.4, -0.2) is 10.2 Å². The molecule has 2 aromatic carbocycles. The molecule has 0 saturated carbocycles. The van der Waals surface area contributed by atoms with Gasteiger partial charge in [0.25, 0.3) is 0 Å². The minimum Gasteiger partial charge on any atom is -0.378 e. The SMILES string of the molecule is CCC(Nc1cccc2[nH]ncc12)c1cccc(Cl)c1. The molecule has 0 fully saturated rings. The predicted octanol–water partition coefficient (Wildman–Crippen LogP) is 4.78. The van der Waals surface area contributed by atoms with Gasteiger partial charge in [-0.25, -0.2) is 0 Å². The van der Waals surface area contributed by atoms with E-state index < -0.39 is 0 Å². The Hall–Kier alpha value is -2.00. The van der Waals surface area contributed by atoms with Crippen molar-refractivity contribution in [3.8, 4) is 0 Å². The summed E-state index contributed by atoms with van der Waals surface area (Å²) in [6.45, 7) is 2.16. The second kappa shape index (κ2) is 5.55. The van der Waals surface area contributed by atoms with Crippen molar-refractivity contribution in [2.75, 3.05) is 5.32 Å². The summed E-state index contributed by atoms with van der Waals surface area (Å²) in [5.41, 5.74) is 3.32. The molecule has 1 aromatic heterocycles. The van der Waals surface area contributed by atoms with E-state index in [0.717, 1.165) is 28.0 Å². The van der Waals surface area contributed by atoms with E-state index in [1.807, 2.05) is 36.5 Å². The Labute approximate surface area is 123 Å². The number of aromatic nitrogens is 2. The van der Waals surface area contributed by atoms with Crippen molar-refractivity contribution >= 4 is 28.2 Å². The van der Waals surface area contributed by atoms with E-state index in [2.05, 4.69) is 34.6 Å². The van der Waals surface area contributed by atoms with Crippen LogP contribution in [0.4, 0.5) is 5.69 Å². The average Bonchev–Trinajstić information content (AvgIpc) is 2.94. The Kier molecular flexibility index (Phi) is 3.61. The highest BCUT2D eigenvalue weighted by Gasteiger charge is 2.11. The quantitative estimate of drug-likeness (QED) is 0.724. The molecule has 3 aromatic rings. The summed E-state index contributed by atoms with van der Waals surface area (Å²) in [4.78, 5) is 0. The number of nitrogens with one attached hydrogen (secondary N) is 2. The highest BCUT2D eigenvalue weighted by molar-refractivity contribution is 6.30. The Morgan fingerprint density at radius 2 is 2.10 bits per heavy atom. The van der Waals surface area contributed by atoms with Crippen LogP contribution in [0.1, 0.15) is 24.9 Å². The van der Waals surface area contributed by atoms with Crippen LogP contribution >= 0.6 is 11.6 Å². The summed E-state index contributed by atoms with van der Waals surface area (Å²) in [7, 11) is 0. The Morgan fingerprint density at radius 1 is 1.25 bits per heavy atom. The molecule has 0 amide bonds. The number of rotatable bonds is 4. The molecule has 3 rings (SSSR count). The zero-order chi connectivity index (χ0) is 13.9. The first-order valence-electron chi connectivity index (χ1n) is 6.72. The Bertz CT molecular complexity index is 720. The number of halogens is 1. The van der Waals surface area contributed by atoms with Gasteiger partial charge in [-0.05, 0) is 36.2 Å². The third kappa shape index (κ3) is 2.49. The van der Waals surface area contributed by atoms with Gasteiger partial charge >= 0.3 is 0 Å². The fourth-order valence-electron chi connectivity index (χ4n) is 2.43. The van der Waals surface area contributed by atoms with Crippen LogP contribution in [0.15, 0.2) is 48.7 Å². The predicted molar refractivity (Wildman–Crippen MR) is 84.2 cm³/mol. The molecule has 0 radical (unpaired) electrons. The van der Waals surface area contributed by atoms with Crippen LogP contribution in [0.2, 0.25) is 5.02 Å². The summed E-state index contributed by atoms with van der Waals surface area (Å²) in [5, 5.41) is 12.5. The summed E-state index contributed by atoms with van der Waals surface area (Å²) in [5.74, 6) is 0. The number of nitrogens with zero attached hydrogens (tertiary/aromatic N) is 1. The molecule has 102 valence electrons. The van der Waals surface area contributed by atoms with Gasteiger partial charge in [-0.3, -0.25) is 5.10 Å². The van der Waals surface area contributed by atoms with Crippen LogP contribution < -0.4 is 5.32 Å². The molecule has 1 atom stereocenters. The van der Waals surface area contributed by atoms with Crippen molar-refractivity contribution in [1.82, 2.24) is 10.2 Å². The topological polar surface area (TPSA) is 40.7 Å². The minimum atomic E-state index is 0.231. The normalized spacial score (nSPS) is 12.5. The number of benzene rings is 2. The molecule has 0 aliphatic rings. The number of aromatic amines is 1. The largest absolute Gasteiger partial charge is 0.378 e. The van der Waals surface area contributed by atoms with Crippen molar-refractivity contribution in [1.29, 1.82) is 0 Å². The van der Waals surface area contributed by atoms with Gasteiger partial charge in [-0.2, -0.15) is 5.10 Å². The summed E-state index contributed by atoms with van der Waals surface area (Å²) >= 11 is 6.08. The van der Waals surface area contributed by atoms with E-state index in [0.29, 0.717) is 0 Å². The molecule has 4 heteroatoms. The highest BCUT2D eigenvalue weighted by Crippen LogP contribution is 2.28. The average molecular weight is 286 g/mol. The van der Waals surface area contributed by atoms with Gasteiger partial charge in [0, 0.05) is 16.1 Å². The van der Waals surface area contributed by atoms with Crippen molar-refractivity contribution in [2.24, 2.45) is 0 Å². The van der Waals surface area contributed by atoms with E-state index in [1.54, 1.807) is 0 Å². The molecule has 0 bridgehead atoms. The first-order valence-corrected chi connectivity index (χ1v) is 7.10. The van der Waals surface area contributed by atoms with E-state index >= 15 is 0 Å². The number of H-pyrrole nitrogens is 1.